The van der Waals surface area contributed by atoms with Gasteiger partial charge in [0.25, 0.3) is 0 Å². The molecule has 1 aliphatic rings. The number of carbonyl (C=O) groups is 1. The summed E-state index contributed by atoms with van der Waals surface area (Å²) in [5.74, 6) is -0.321. The molecule has 1 aromatic rings. The van der Waals surface area contributed by atoms with Gasteiger partial charge in [0.1, 0.15) is 12.4 Å². The summed E-state index contributed by atoms with van der Waals surface area (Å²) in [6, 6.07) is 6.29. The van der Waals surface area contributed by atoms with Gasteiger partial charge in [-0.2, -0.15) is 0 Å². The molecule has 1 fully saturated rings. The van der Waals surface area contributed by atoms with E-state index in [4.69, 9.17) is 4.74 Å². The van der Waals surface area contributed by atoms with Crippen molar-refractivity contribution in [2.45, 2.75) is 13.0 Å². The van der Waals surface area contributed by atoms with Gasteiger partial charge < -0.3 is 15.0 Å². The lowest BCUT2D eigenvalue weighted by atomic mass is 10.0. The fraction of sp³-hybridized carbons (Fsp3) is 0.500. The van der Waals surface area contributed by atoms with Gasteiger partial charge in [0.05, 0.1) is 6.04 Å². The summed E-state index contributed by atoms with van der Waals surface area (Å²) in [5, 5.41) is 3.24. The summed E-state index contributed by atoms with van der Waals surface area (Å²) in [5.41, 5.74) is 0.817. The van der Waals surface area contributed by atoms with Gasteiger partial charge in [-0.15, -0.1) is 12.4 Å². The summed E-state index contributed by atoms with van der Waals surface area (Å²) < 4.78 is 18.5. The lowest BCUT2D eigenvalue weighted by Crippen LogP contribution is -2.49. The highest BCUT2D eigenvalue weighted by Gasteiger charge is 2.27. The van der Waals surface area contributed by atoms with E-state index in [1.807, 2.05) is 13.0 Å². The molecule has 0 aromatic heterocycles. The third kappa shape index (κ3) is 4.16. The number of halogens is 2. The fourth-order valence-electron chi connectivity index (χ4n) is 2.29. The van der Waals surface area contributed by atoms with Crippen LogP contribution in [-0.2, 0) is 9.53 Å². The SMILES string of the molecule is CCOCC(=O)N1CCNCC1c1cccc(F)c1.Cl. The minimum absolute atomic E-state index is 0. The third-order valence-electron chi connectivity index (χ3n) is 3.23. The van der Waals surface area contributed by atoms with Gasteiger partial charge in [0.2, 0.25) is 5.91 Å². The Morgan fingerprint density at radius 3 is 3.05 bits per heavy atom. The van der Waals surface area contributed by atoms with Gasteiger partial charge in [0.15, 0.2) is 0 Å². The lowest BCUT2D eigenvalue weighted by Gasteiger charge is -2.36. The van der Waals surface area contributed by atoms with Crippen molar-refractivity contribution in [2.75, 3.05) is 32.8 Å². The van der Waals surface area contributed by atoms with Crippen molar-refractivity contribution >= 4 is 18.3 Å². The molecule has 1 aliphatic heterocycles. The van der Waals surface area contributed by atoms with Crippen LogP contribution in [0.25, 0.3) is 0 Å². The molecule has 1 heterocycles. The second-order valence-electron chi connectivity index (χ2n) is 4.50. The quantitative estimate of drug-likeness (QED) is 0.921. The van der Waals surface area contributed by atoms with E-state index < -0.39 is 0 Å². The van der Waals surface area contributed by atoms with Crippen molar-refractivity contribution < 1.29 is 13.9 Å². The number of nitrogens with zero attached hydrogens (tertiary/aromatic N) is 1. The molecule has 0 radical (unpaired) electrons. The van der Waals surface area contributed by atoms with E-state index in [1.165, 1.54) is 12.1 Å². The number of ether oxygens (including phenoxy) is 1. The predicted octanol–water partition coefficient (Wildman–Crippen LogP) is 1.76. The first-order chi connectivity index (χ1) is 9.22. The zero-order chi connectivity index (χ0) is 13.7. The number of hydrogen-bond donors (Lipinski definition) is 1. The highest BCUT2D eigenvalue weighted by molar-refractivity contribution is 5.85. The molecule has 1 aromatic carbocycles. The molecule has 6 heteroatoms. The Hall–Kier alpha value is -1.17. The summed E-state index contributed by atoms with van der Waals surface area (Å²) in [6.45, 7) is 4.47. The van der Waals surface area contributed by atoms with Crippen molar-refractivity contribution in [1.82, 2.24) is 10.2 Å². The van der Waals surface area contributed by atoms with Crippen molar-refractivity contribution in [3.8, 4) is 0 Å². The van der Waals surface area contributed by atoms with E-state index in [-0.39, 0.29) is 36.8 Å². The number of nitrogens with one attached hydrogen (secondary N) is 1. The fourth-order valence-corrected chi connectivity index (χ4v) is 2.29. The van der Waals surface area contributed by atoms with E-state index in [9.17, 15) is 9.18 Å². The monoisotopic (exact) mass is 302 g/mol. The highest BCUT2D eigenvalue weighted by Crippen LogP contribution is 2.22. The Labute approximate surface area is 124 Å². The van der Waals surface area contributed by atoms with Crippen LogP contribution in [0, 0.1) is 5.82 Å². The van der Waals surface area contributed by atoms with Crippen LogP contribution in [0.2, 0.25) is 0 Å². The Morgan fingerprint density at radius 2 is 2.35 bits per heavy atom. The first kappa shape index (κ1) is 16.9. The number of amides is 1. The van der Waals surface area contributed by atoms with Crippen LogP contribution >= 0.6 is 12.4 Å². The van der Waals surface area contributed by atoms with E-state index in [0.29, 0.717) is 19.7 Å². The molecule has 0 saturated carbocycles. The highest BCUT2D eigenvalue weighted by atomic mass is 35.5. The first-order valence-corrected chi connectivity index (χ1v) is 6.55. The van der Waals surface area contributed by atoms with Gasteiger partial charge in [-0.1, -0.05) is 12.1 Å². The van der Waals surface area contributed by atoms with E-state index in [0.717, 1.165) is 12.1 Å². The number of rotatable bonds is 4. The average molecular weight is 303 g/mol. The van der Waals surface area contributed by atoms with Crippen molar-refractivity contribution in [2.24, 2.45) is 0 Å². The molecule has 0 bridgehead atoms. The van der Waals surface area contributed by atoms with E-state index in [2.05, 4.69) is 5.32 Å². The van der Waals surface area contributed by atoms with Crippen LogP contribution < -0.4 is 5.32 Å². The summed E-state index contributed by atoms with van der Waals surface area (Å²) in [4.78, 5) is 13.9. The molecule has 0 aliphatic carbocycles. The molecule has 1 saturated heterocycles. The maximum absolute atomic E-state index is 13.3. The maximum Gasteiger partial charge on any atom is 0.249 e. The van der Waals surface area contributed by atoms with Crippen LogP contribution in [-0.4, -0.2) is 43.7 Å². The number of carbonyl (C=O) groups excluding carboxylic acids is 1. The largest absolute Gasteiger partial charge is 0.372 e. The molecular weight excluding hydrogens is 283 g/mol. The van der Waals surface area contributed by atoms with Crippen LogP contribution in [0.5, 0.6) is 0 Å². The lowest BCUT2D eigenvalue weighted by molar-refractivity contribution is -0.139. The molecule has 112 valence electrons. The maximum atomic E-state index is 13.3. The van der Waals surface area contributed by atoms with Gasteiger partial charge in [-0.25, -0.2) is 4.39 Å². The molecule has 20 heavy (non-hydrogen) atoms. The van der Waals surface area contributed by atoms with Crippen molar-refractivity contribution in [1.29, 1.82) is 0 Å². The smallest absolute Gasteiger partial charge is 0.249 e. The second-order valence-corrected chi connectivity index (χ2v) is 4.50. The van der Waals surface area contributed by atoms with Crippen LogP contribution in [0.4, 0.5) is 4.39 Å². The minimum atomic E-state index is -0.278. The Kier molecular flexibility index (Phi) is 6.91. The van der Waals surface area contributed by atoms with Gasteiger partial charge in [-0.3, -0.25) is 4.79 Å². The Morgan fingerprint density at radius 1 is 1.55 bits per heavy atom. The first-order valence-electron chi connectivity index (χ1n) is 6.55. The van der Waals surface area contributed by atoms with Crippen molar-refractivity contribution in [3.05, 3.63) is 35.6 Å². The third-order valence-corrected chi connectivity index (χ3v) is 3.23. The number of benzene rings is 1. The molecule has 0 spiro atoms. The van der Waals surface area contributed by atoms with Crippen LogP contribution in [0.3, 0.4) is 0 Å². The molecule has 1 unspecified atom stereocenters. The van der Waals surface area contributed by atoms with Gasteiger partial charge in [-0.05, 0) is 24.6 Å². The Balaban J connectivity index is 0.00000200. The normalized spacial score (nSPS) is 18.5. The summed E-state index contributed by atoms with van der Waals surface area (Å²) in [7, 11) is 0. The Bertz CT molecular complexity index is 445. The standard InChI is InChI=1S/C14H19FN2O2.ClH/c1-2-19-10-14(18)17-7-6-16-9-13(17)11-4-3-5-12(15)8-11;/h3-5,8,13,16H,2,6-7,9-10H2,1H3;1H. The van der Waals surface area contributed by atoms with E-state index >= 15 is 0 Å². The van der Waals surface area contributed by atoms with Crippen LogP contribution in [0.1, 0.15) is 18.5 Å². The molecule has 1 amide bonds. The van der Waals surface area contributed by atoms with Gasteiger partial charge in [0, 0.05) is 26.2 Å². The molecule has 1 atom stereocenters. The molecule has 1 N–H and O–H groups in total. The molecule has 4 nitrogen and oxygen atoms in total. The zero-order valence-electron chi connectivity index (χ0n) is 11.5. The minimum Gasteiger partial charge on any atom is -0.372 e. The average Bonchev–Trinajstić information content (AvgIpc) is 2.45. The van der Waals surface area contributed by atoms with Crippen molar-refractivity contribution in [3.63, 3.8) is 0 Å². The summed E-state index contributed by atoms with van der Waals surface area (Å²) in [6.07, 6.45) is 0. The second kappa shape index (κ2) is 8.19. The topological polar surface area (TPSA) is 41.6 Å². The van der Waals surface area contributed by atoms with Crippen LogP contribution in [0.15, 0.2) is 24.3 Å². The zero-order valence-corrected chi connectivity index (χ0v) is 12.3. The molecular formula is C14H20ClFN2O2. The van der Waals surface area contributed by atoms with E-state index in [1.54, 1.807) is 11.0 Å². The molecule has 2 rings (SSSR count). The van der Waals surface area contributed by atoms with Gasteiger partial charge >= 0.3 is 0 Å². The number of piperazine rings is 1. The predicted molar refractivity (Wildman–Crippen MR) is 77.5 cm³/mol. The number of hydrogen-bond acceptors (Lipinski definition) is 3. The summed E-state index contributed by atoms with van der Waals surface area (Å²) >= 11 is 0.